The van der Waals surface area contributed by atoms with Crippen molar-refractivity contribution in [3.63, 3.8) is 0 Å². The minimum absolute atomic E-state index is 0.0936. The van der Waals surface area contributed by atoms with E-state index in [9.17, 15) is 4.79 Å². The zero-order chi connectivity index (χ0) is 18.8. The van der Waals surface area contributed by atoms with Crippen molar-refractivity contribution in [3.05, 3.63) is 54.4 Å². The second-order valence-electron chi connectivity index (χ2n) is 6.14. The fourth-order valence-corrected chi connectivity index (χ4v) is 3.65. The van der Waals surface area contributed by atoms with Gasteiger partial charge >= 0.3 is 0 Å². The van der Waals surface area contributed by atoms with Crippen LogP contribution in [0.2, 0.25) is 0 Å². The van der Waals surface area contributed by atoms with Crippen LogP contribution in [0.25, 0.3) is 21.9 Å². The maximum absolute atomic E-state index is 12.3. The molecule has 6 nitrogen and oxygen atoms in total. The first-order valence-electron chi connectivity index (χ1n) is 8.44. The van der Waals surface area contributed by atoms with Gasteiger partial charge in [0, 0.05) is 16.6 Å². The van der Waals surface area contributed by atoms with Gasteiger partial charge in [-0.3, -0.25) is 4.79 Å². The van der Waals surface area contributed by atoms with Crippen LogP contribution in [0, 0.1) is 6.92 Å². The standard InChI is InChI=1S/C20H18N4O2S/c1-12-3-8-16-15(9-12)18-19(24-16)20(22-11-21-18)27-10-17(25)23-13-4-6-14(26-2)7-5-13/h3-9,11,24H,10H2,1-2H3,(H,23,25). The van der Waals surface area contributed by atoms with E-state index in [4.69, 9.17) is 4.74 Å². The van der Waals surface area contributed by atoms with E-state index in [1.165, 1.54) is 17.3 Å². The van der Waals surface area contributed by atoms with Crippen molar-refractivity contribution in [1.29, 1.82) is 0 Å². The molecule has 7 heteroatoms. The van der Waals surface area contributed by atoms with Crippen molar-refractivity contribution < 1.29 is 9.53 Å². The molecule has 1 amide bonds. The largest absolute Gasteiger partial charge is 0.497 e. The Morgan fingerprint density at radius 1 is 1.19 bits per heavy atom. The van der Waals surface area contributed by atoms with E-state index >= 15 is 0 Å². The summed E-state index contributed by atoms with van der Waals surface area (Å²) in [5.74, 6) is 0.913. The minimum Gasteiger partial charge on any atom is -0.497 e. The Morgan fingerprint density at radius 2 is 2.00 bits per heavy atom. The number of benzene rings is 2. The molecule has 0 spiro atoms. The van der Waals surface area contributed by atoms with E-state index in [2.05, 4.69) is 39.3 Å². The van der Waals surface area contributed by atoms with Crippen molar-refractivity contribution >= 4 is 45.3 Å². The number of hydrogen-bond donors (Lipinski definition) is 2. The van der Waals surface area contributed by atoms with Crippen LogP contribution >= 0.6 is 11.8 Å². The van der Waals surface area contributed by atoms with E-state index in [1.54, 1.807) is 13.4 Å². The van der Waals surface area contributed by atoms with Gasteiger partial charge in [-0.2, -0.15) is 0 Å². The van der Waals surface area contributed by atoms with E-state index in [0.717, 1.165) is 38.4 Å². The molecule has 0 atom stereocenters. The number of H-pyrrole nitrogens is 1. The molecule has 0 saturated carbocycles. The zero-order valence-electron chi connectivity index (χ0n) is 14.9. The number of fused-ring (bicyclic) bond motifs is 3. The minimum atomic E-state index is -0.0936. The van der Waals surface area contributed by atoms with Gasteiger partial charge in [-0.25, -0.2) is 9.97 Å². The Bertz CT molecular complexity index is 1120. The molecular weight excluding hydrogens is 360 g/mol. The molecule has 0 aliphatic carbocycles. The van der Waals surface area contributed by atoms with Crippen molar-refractivity contribution in [2.75, 3.05) is 18.2 Å². The van der Waals surface area contributed by atoms with Crippen LogP contribution in [0.4, 0.5) is 5.69 Å². The monoisotopic (exact) mass is 378 g/mol. The number of carbonyl (C=O) groups is 1. The fourth-order valence-electron chi connectivity index (χ4n) is 2.90. The second kappa shape index (κ2) is 7.28. The predicted octanol–water partition coefficient (Wildman–Crippen LogP) is 4.16. The highest BCUT2D eigenvalue weighted by Crippen LogP contribution is 2.30. The summed E-state index contributed by atoms with van der Waals surface area (Å²) in [6.07, 6.45) is 1.54. The molecule has 0 bridgehead atoms. The molecule has 0 aliphatic rings. The first-order valence-corrected chi connectivity index (χ1v) is 9.42. The molecule has 0 unspecified atom stereocenters. The highest BCUT2D eigenvalue weighted by Gasteiger charge is 2.13. The lowest BCUT2D eigenvalue weighted by Gasteiger charge is -2.06. The highest BCUT2D eigenvalue weighted by molar-refractivity contribution is 8.00. The number of nitrogens with zero attached hydrogens (tertiary/aromatic N) is 2. The van der Waals surface area contributed by atoms with Crippen LogP contribution in [0.1, 0.15) is 5.56 Å². The molecule has 2 heterocycles. The number of anilines is 1. The van der Waals surface area contributed by atoms with Gasteiger partial charge < -0.3 is 15.0 Å². The van der Waals surface area contributed by atoms with Crippen molar-refractivity contribution in [3.8, 4) is 5.75 Å². The van der Waals surface area contributed by atoms with Crippen LogP contribution < -0.4 is 10.1 Å². The first kappa shape index (κ1) is 17.4. The Labute approximate surface area is 160 Å². The molecule has 2 aromatic carbocycles. The van der Waals surface area contributed by atoms with Crippen molar-refractivity contribution in [2.45, 2.75) is 11.9 Å². The van der Waals surface area contributed by atoms with Crippen molar-refractivity contribution in [2.24, 2.45) is 0 Å². The SMILES string of the molecule is COc1ccc(NC(=O)CSc2ncnc3c2[nH]c2ccc(C)cc23)cc1. The molecule has 136 valence electrons. The molecule has 4 rings (SSSR count). The normalized spacial score (nSPS) is 11.0. The Morgan fingerprint density at radius 3 is 2.78 bits per heavy atom. The summed E-state index contributed by atoms with van der Waals surface area (Å²) in [5.41, 5.74) is 4.66. The lowest BCUT2D eigenvalue weighted by atomic mass is 10.2. The summed E-state index contributed by atoms with van der Waals surface area (Å²) in [7, 11) is 1.61. The summed E-state index contributed by atoms with van der Waals surface area (Å²) in [6, 6.07) is 13.4. The number of hydrogen-bond acceptors (Lipinski definition) is 5. The van der Waals surface area contributed by atoms with Crippen molar-refractivity contribution in [1.82, 2.24) is 15.0 Å². The molecule has 4 aromatic rings. The topological polar surface area (TPSA) is 79.9 Å². The third kappa shape index (κ3) is 3.59. The van der Waals surface area contributed by atoms with E-state index in [0.29, 0.717) is 0 Å². The molecular formula is C20H18N4O2S. The Balaban J connectivity index is 1.51. The van der Waals surface area contributed by atoms with Gasteiger partial charge in [-0.15, -0.1) is 0 Å². The first-order chi connectivity index (χ1) is 13.1. The number of nitrogens with one attached hydrogen (secondary N) is 2. The molecule has 27 heavy (non-hydrogen) atoms. The van der Waals surface area contributed by atoms with E-state index in [-0.39, 0.29) is 11.7 Å². The van der Waals surface area contributed by atoms with Crippen LogP contribution in [0.5, 0.6) is 5.75 Å². The van der Waals surface area contributed by atoms with Crippen LogP contribution in [-0.4, -0.2) is 33.7 Å². The molecule has 0 aliphatic heterocycles. The number of aromatic nitrogens is 3. The van der Waals surface area contributed by atoms with E-state index < -0.39 is 0 Å². The van der Waals surface area contributed by atoms with Gasteiger partial charge in [0.25, 0.3) is 0 Å². The number of amides is 1. The number of aromatic amines is 1. The number of rotatable bonds is 5. The van der Waals surface area contributed by atoms with Crippen LogP contribution in [0.15, 0.2) is 53.8 Å². The van der Waals surface area contributed by atoms with Crippen LogP contribution in [0.3, 0.4) is 0 Å². The Hall–Kier alpha value is -3.06. The number of aryl methyl sites for hydroxylation is 1. The third-order valence-electron chi connectivity index (χ3n) is 4.22. The molecule has 0 radical (unpaired) electrons. The fraction of sp³-hybridized carbons (Fsp3) is 0.150. The molecule has 2 aromatic heterocycles. The smallest absolute Gasteiger partial charge is 0.234 e. The van der Waals surface area contributed by atoms with Gasteiger partial charge in [0.15, 0.2) is 0 Å². The number of carbonyl (C=O) groups excluding carboxylic acids is 1. The lowest BCUT2D eigenvalue weighted by Crippen LogP contribution is -2.14. The third-order valence-corrected chi connectivity index (χ3v) is 5.21. The number of methoxy groups -OCH3 is 1. The molecule has 0 fully saturated rings. The Kier molecular flexibility index (Phi) is 4.68. The highest BCUT2D eigenvalue weighted by atomic mass is 32.2. The number of ether oxygens (including phenoxy) is 1. The maximum atomic E-state index is 12.3. The van der Waals surface area contributed by atoms with Gasteiger partial charge in [0.2, 0.25) is 5.91 Å². The van der Waals surface area contributed by atoms with Gasteiger partial charge in [-0.1, -0.05) is 23.4 Å². The predicted molar refractivity (Wildman–Crippen MR) is 108 cm³/mol. The summed E-state index contributed by atoms with van der Waals surface area (Å²) >= 11 is 1.39. The van der Waals surface area contributed by atoms with Gasteiger partial charge in [0.05, 0.1) is 18.4 Å². The maximum Gasteiger partial charge on any atom is 0.234 e. The van der Waals surface area contributed by atoms with Gasteiger partial charge in [0.1, 0.15) is 22.6 Å². The summed E-state index contributed by atoms with van der Waals surface area (Å²) in [5, 5.41) is 4.71. The summed E-state index contributed by atoms with van der Waals surface area (Å²) in [6.45, 7) is 2.05. The number of thioether (sulfide) groups is 1. The van der Waals surface area contributed by atoms with Gasteiger partial charge in [-0.05, 0) is 43.3 Å². The molecule has 2 N–H and O–H groups in total. The average molecular weight is 378 g/mol. The molecule has 0 saturated heterocycles. The van der Waals surface area contributed by atoms with Crippen LogP contribution in [-0.2, 0) is 4.79 Å². The average Bonchev–Trinajstić information content (AvgIpc) is 3.05. The van der Waals surface area contributed by atoms with E-state index in [1.807, 2.05) is 30.3 Å². The zero-order valence-corrected chi connectivity index (χ0v) is 15.8. The summed E-state index contributed by atoms with van der Waals surface area (Å²) in [4.78, 5) is 24.4. The summed E-state index contributed by atoms with van der Waals surface area (Å²) < 4.78 is 5.12. The quantitative estimate of drug-likeness (QED) is 0.403. The lowest BCUT2D eigenvalue weighted by molar-refractivity contribution is -0.113. The second-order valence-corrected chi connectivity index (χ2v) is 7.11.